The lowest BCUT2D eigenvalue weighted by Crippen LogP contribution is -2.21. The molecule has 0 aliphatic heterocycles. The van der Waals surface area contributed by atoms with Crippen molar-refractivity contribution < 1.29 is 27.2 Å². The van der Waals surface area contributed by atoms with Gasteiger partial charge in [0.1, 0.15) is 5.82 Å². The average Bonchev–Trinajstić information content (AvgIpc) is 3.42. The van der Waals surface area contributed by atoms with Gasteiger partial charge in [-0.25, -0.2) is 13.2 Å². The van der Waals surface area contributed by atoms with Crippen LogP contribution in [0.3, 0.4) is 0 Å². The Balaban J connectivity index is 1.46. The summed E-state index contributed by atoms with van der Waals surface area (Å²) in [5.74, 6) is -2.85. The van der Waals surface area contributed by atoms with Gasteiger partial charge in [0.15, 0.2) is 11.6 Å². The van der Waals surface area contributed by atoms with Crippen molar-refractivity contribution in [3.8, 4) is 21.9 Å². The number of amides is 2. The molecule has 2 atom stereocenters. The molecular weight excluding hydrogens is 615 g/mol. The quantitative estimate of drug-likeness (QED) is 0.167. The largest absolute Gasteiger partial charge is 0.421 e. The third kappa shape index (κ3) is 6.30. The number of pyridine rings is 1. The van der Waals surface area contributed by atoms with Crippen LogP contribution in [-0.2, 0) is 13.0 Å². The van der Waals surface area contributed by atoms with Crippen molar-refractivity contribution in [2.45, 2.75) is 52.0 Å². The van der Waals surface area contributed by atoms with Crippen LogP contribution in [0.4, 0.5) is 13.2 Å². The SMILES string of the molecule is Cc1nnc(-c2c([C@@H]3C[C@@H]3c3ccc(F)cc3)nc(CC(C)C)c(C(N)=O)c2-c2ccc(C(=O)NCc3ccc(F)c(F)c3)s2)o1. The minimum absolute atomic E-state index is 0.0211. The molecule has 236 valence electrons. The lowest BCUT2D eigenvalue weighted by atomic mass is 9.91. The molecule has 8 nitrogen and oxygen atoms in total. The minimum atomic E-state index is -1.00. The van der Waals surface area contributed by atoms with Crippen LogP contribution in [0, 0.1) is 30.3 Å². The highest BCUT2D eigenvalue weighted by Gasteiger charge is 2.44. The Morgan fingerprint density at radius 2 is 1.76 bits per heavy atom. The first-order valence-electron chi connectivity index (χ1n) is 14.7. The Labute approximate surface area is 266 Å². The summed E-state index contributed by atoms with van der Waals surface area (Å²) in [6.45, 7) is 5.66. The van der Waals surface area contributed by atoms with Crippen LogP contribution in [0.1, 0.15) is 80.5 Å². The standard InChI is InChI=1S/C34H30F3N5O3S/c1-16(2)12-25-28(32(38)43)29(26-10-11-27(46-26)33(44)39-15-18-4-9-23(36)24(37)13-18)30(34-42-41-17(3)45-34)31(40-25)22-14-21(22)19-5-7-20(35)8-6-19/h4-11,13,16,21-22H,12,14-15H2,1-3H3,(H2,38,43)(H,39,44)/t21-,22-/m1/s1. The normalized spacial score (nSPS) is 15.7. The van der Waals surface area contributed by atoms with Crippen LogP contribution >= 0.6 is 11.3 Å². The first-order valence-corrected chi connectivity index (χ1v) is 15.6. The number of rotatable bonds is 10. The highest BCUT2D eigenvalue weighted by Crippen LogP contribution is 2.57. The molecule has 1 aliphatic carbocycles. The second kappa shape index (κ2) is 12.5. The summed E-state index contributed by atoms with van der Waals surface area (Å²) >= 11 is 1.14. The van der Waals surface area contributed by atoms with E-state index in [0.717, 1.165) is 35.5 Å². The lowest BCUT2D eigenvalue weighted by molar-refractivity contribution is 0.0953. The first kappa shape index (κ1) is 31.2. The molecule has 0 bridgehead atoms. The number of benzene rings is 2. The van der Waals surface area contributed by atoms with Crippen molar-refractivity contribution in [2.75, 3.05) is 0 Å². The molecule has 1 fully saturated rings. The second-order valence-corrected chi connectivity index (χ2v) is 12.8. The number of nitrogens with zero attached hydrogens (tertiary/aromatic N) is 3. The molecule has 0 saturated heterocycles. The van der Waals surface area contributed by atoms with Gasteiger partial charge in [0, 0.05) is 29.8 Å². The van der Waals surface area contributed by atoms with E-state index in [1.54, 1.807) is 31.2 Å². The van der Waals surface area contributed by atoms with Crippen molar-refractivity contribution in [1.29, 1.82) is 0 Å². The molecule has 3 aromatic heterocycles. The fraction of sp³-hybridized carbons (Fsp3) is 0.265. The number of nitrogens with two attached hydrogens (primary N) is 1. The molecule has 3 N–H and O–H groups in total. The number of hydrogen-bond acceptors (Lipinski definition) is 7. The van der Waals surface area contributed by atoms with E-state index < -0.39 is 23.4 Å². The van der Waals surface area contributed by atoms with Gasteiger partial charge >= 0.3 is 0 Å². The second-order valence-electron chi connectivity index (χ2n) is 11.8. The number of carbonyl (C=O) groups is 2. The van der Waals surface area contributed by atoms with Crippen molar-refractivity contribution in [3.63, 3.8) is 0 Å². The zero-order chi connectivity index (χ0) is 32.7. The summed E-state index contributed by atoms with van der Waals surface area (Å²) in [6, 6.07) is 13.1. The molecule has 12 heteroatoms. The third-order valence-corrected chi connectivity index (χ3v) is 8.94. The van der Waals surface area contributed by atoms with E-state index in [1.807, 2.05) is 13.8 Å². The molecule has 2 aromatic carbocycles. The number of aryl methyl sites for hydroxylation is 1. The predicted octanol–water partition coefficient (Wildman–Crippen LogP) is 7.08. The fourth-order valence-electron chi connectivity index (χ4n) is 5.67. The van der Waals surface area contributed by atoms with Crippen molar-refractivity contribution in [2.24, 2.45) is 11.7 Å². The van der Waals surface area contributed by atoms with E-state index >= 15 is 0 Å². The van der Waals surface area contributed by atoms with Gasteiger partial charge in [0.25, 0.3) is 11.8 Å². The van der Waals surface area contributed by atoms with Crippen LogP contribution in [0.15, 0.2) is 59.0 Å². The number of aromatic nitrogens is 3. The molecule has 6 rings (SSSR count). The molecule has 5 aromatic rings. The smallest absolute Gasteiger partial charge is 0.261 e. The monoisotopic (exact) mass is 645 g/mol. The van der Waals surface area contributed by atoms with Crippen LogP contribution in [0.25, 0.3) is 21.9 Å². The maximum Gasteiger partial charge on any atom is 0.261 e. The van der Waals surface area contributed by atoms with Crippen LogP contribution in [-0.4, -0.2) is 27.0 Å². The van der Waals surface area contributed by atoms with E-state index in [2.05, 4.69) is 15.5 Å². The topological polar surface area (TPSA) is 124 Å². The van der Waals surface area contributed by atoms with Gasteiger partial charge in [-0.3, -0.25) is 14.6 Å². The fourth-order valence-corrected chi connectivity index (χ4v) is 6.65. The Morgan fingerprint density at radius 3 is 2.41 bits per heavy atom. The number of nitrogens with one attached hydrogen (secondary N) is 1. The molecule has 3 heterocycles. The zero-order valence-electron chi connectivity index (χ0n) is 25.2. The summed E-state index contributed by atoms with van der Waals surface area (Å²) in [6.07, 6.45) is 1.19. The molecule has 0 unspecified atom stereocenters. The summed E-state index contributed by atoms with van der Waals surface area (Å²) in [4.78, 5) is 32.3. The minimum Gasteiger partial charge on any atom is -0.421 e. The number of primary amides is 1. The molecule has 2 amide bonds. The maximum absolute atomic E-state index is 13.7. The van der Waals surface area contributed by atoms with Gasteiger partial charge in [0.2, 0.25) is 11.8 Å². The van der Waals surface area contributed by atoms with Crippen molar-refractivity contribution in [1.82, 2.24) is 20.5 Å². The van der Waals surface area contributed by atoms with Gasteiger partial charge < -0.3 is 15.5 Å². The van der Waals surface area contributed by atoms with E-state index in [1.165, 1.54) is 18.2 Å². The van der Waals surface area contributed by atoms with E-state index in [0.29, 0.717) is 50.1 Å². The van der Waals surface area contributed by atoms with Gasteiger partial charge in [-0.15, -0.1) is 21.5 Å². The lowest BCUT2D eigenvalue weighted by Gasteiger charge is -2.19. The van der Waals surface area contributed by atoms with Crippen molar-refractivity contribution >= 4 is 23.2 Å². The van der Waals surface area contributed by atoms with E-state index in [4.69, 9.17) is 15.1 Å². The molecular formula is C34H30F3N5O3S. The zero-order valence-corrected chi connectivity index (χ0v) is 26.1. The number of hydrogen-bond donors (Lipinski definition) is 2. The van der Waals surface area contributed by atoms with Gasteiger partial charge in [-0.05, 0) is 72.2 Å². The highest BCUT2D eigenvalue weighted by atomic mass is 32.1. The van der Waals surface area contributed by atoms with Crippen LogP contribution in [0.5, 0.6) is 0 Å². The number of carbonyl (C=O) groups excluding carboxylic acids is 2. The van der Waals surface area contributed by atoms with E-state index in [9.17, 15) is 22.8 Å². The molecule has 46 heavy (non-hydrogen) atoms. The molecule has 0 spiro atoms. The summed E-state index contributed by atoms with van der Waals surface area (Å²) < 4.78 is 46.7. The predicted molar refractivity (Wildman–Crippen MR) is 167 cm³/mol. The summed E-state index contributed by atoms with van der Waals surface area (Å²) in [5.41, 5.74) is 9.70. The Morgan fingerprint density at radius 1 is 1.00 bits per heavy atom. The average molecular weight is 646 g/mol. The molecule has 1 aliphatic rings. The summed E-state index contributed by atoms with van der Waals surface area (Å²) in [5, 5.41) is 11.1. The van der Waals surface area contributed by atoms with E-state index in [-0.39, 0.29) is 41.6 Å². The number of thiophene rings is 1. The molecule has 1 saturated carbocycles. The van der Waals surface area contributed by atoms with Crippen LogP contribution < -0.4 is 11.1 Å². The third-order valence-electron chi connectivity index (χ3n) is 7.84. The van der Waals surface area contributed by atoms with Gasteiger partial charge in [-0.1, -0.05) is 32.0 Å². The van der Waals surface area contributed by atoms with Crippen LogP contribution in [0.2, 0.25) is 0 Å². The number of halogens is 3. The maximum atomic E-state index is 13.7. The Bertz CT molecular complexity index is 1950. The Hall–Kier alpha value is -4.84. The first-order chi connectivity index (χ1) is 22.0. The highest BCUT2D eigenvalue weighted by molar-refractivity contribution is 7.17. The van der Waals surface area contributed by atoms with Crippen molar-refractivity contribution in [3.05, 3.63) is 111 Å². The Kier molecular flexibility index (Phi) is 8.47. The summed E-state index contributed by atoms with van der Waals surface area (Å²) in [7, 11) is 0. The molecule has 0 radical (unpaired) electrons. The van der Waals surface area contributed by atoms with Gasteiger partial charge in [0.05, 0.1) is 27.4 Å². The van der Waals surface area contributed by atoms with Gasteiger partial charge in [-0.2, -0.15) is 0 Å².